The summed E-state index contributed by atoms with van der Waals surface area (Å²) in [6.07, 6.45) is 7.18. The summed E-state index contributed by atoms with van der Waals surface area (Å²) in [4.78, 5) is 4.32. The zero-order valence-electron chi connectivity index (χ0n) is 9.99. The van der Waals surface area contributed by atoms with Gasteiger partial charge in [-0.1, -0.05) is 0 Å². The fraction of sp³-hybridized carbons (Fsp3) is 0.615. The molecule has 1 aromatic heterocycles. The summed E-state index contributed by atoms with van der Waals surface area (Å²) in [5.41, 5.74) is 1.08. The molecule has 4 heteroatoms. The molecule has 1 N–H and O–H groups in total. The van der Waals surface area contributed by atoms with Gasteiger partial charge in [-0.2, -0.15) is 0 Å². The Balaban J connectivity index is 1.60. The van der Waals surface area contributed by atoms with Crippen LogP contribution in [0, 0.1) is 0 Å². The zero-order valence-corrected chi connectivity index (χ0v) is 11.6. The summed E-state index contributed by atoms with van der Waals surface area (Å²) in [7, 11) is 0. The van der Waals surface area contributed by atoms with Gasteiger partial charge >= 0.3 is 0 Å². The van der Waals surface area contributed by atoms with Gasteiger partial charge in [-0.05, 0) is 60.3 Å². The van der Waals surface area contributed by atoms with Crippen LogP contribution in [-0.2, 0) is 11.3 Å². The van der Waals surface area contributed by atoms with Crippen molar-refractivity contribution in [2.45, 2.75) is 38.3 Å². The third-order valence-electron chi connectivity index (χ3n) is 3.01. The average Bonchev–Trinajstić information content (AvgIpc) is 2.38. The van der Waals surface area contributed by atoms with Crippen molar-refractivity contribution in [3.8, 4) is 0 Å². The van der Waals surface area contributed by atoms with E-state index in [9.17, 15) is 0 Å². The molecular weight excluding hydrogens is 280 g/mol. The standard InChI is InChI=1S/C13H19BrN2O/c14-11-4-5-12(16-9-11)10-15-7-6-13-3-1-2-8-17-13/h4-5,9,13,15H,1-3,6-8,10H2. The Morgan fingerprint density at radius 1 is 1.41 bits per heavy atom. The molecular formula is C13H19BrN2O. The number of hydrogen-bond acceptors (Lipinski definition) is 3. The quantitative estimate of drug-likeness (QED) is 0.849. The Hall–Kier alpha value is -0.450. The number of nitrogens with one attached hydrogen (secondary N) is 1. The first-order valence-corrected chi connectivity index (χ1v) is 7.06. The van der Waals surface area contributed by atoms with E-state index in [2.05, 4.69) is 26.2 Å². The van der Waals surface area contributed by atoms with Crippen molar-refractivity contribution in [2.24, 2.45) is 0 Å². The molecule has 0 aliphatic carbocycles. The van der Waals surface area contributed by atoms with Crippen molar-refractivity contribution >= 4 is 15.9 Å². The van der Waals surface area contributed by atoms with Gasteiger partial charge in [0.1, 0.15) is 0 Å². The minimum absolute atomic E-state index is 0.467. The van der Waals surface area contributed by atoms with Gasteiger partial charge in [0, 0.05) is 23.8 Å². The molecule has 17 heavy (non-hydrogen) atoms. The topological polar surface area (TPSA) is 34.1 Å². The van der Waals surface area contributed by atoms with E-state index in [0.29, 0.717) is 6.10 Å². The van der Waals surface area contributed by atoms with E-state index in [-0.39, 0.29) is 0 Å². The first-order valence-electron chi connectivity index (χ1n) is 6.27. The molecule has 1 saturated heterocycles. The molecule has 1 aromatic rings. The van der Waals surface area contributed by atoms with E-state index < -0.39 is 0 Å². The Labute approximate surface area is 111 Å². The SMILES string of the molecule is Brc1ccc(CNCCC2CCCCO2)nc1. The highest BCUT2D eigenvalue weighted by Crippen LogP contribution is 2.14. The number of pyridine rings is 1. The van der Waals surface area contributed by atoms with Gasteiger partial charge in [-0.15, -0.1) is 0 Å². The van der Waals surface area contributed by atoms with Crippen LogP contribution in [0.4, 0.5) is 0 Å². The second-order valence-corrected chi connectivity index (χ2v) is 5.34. The largest absolute Gasteiger partial charge is 0.378 e. The van der Waals surface area contributed by atoms with Crippen molar-refractivity contribution in [1.82, 2.24) is 10.3 Å². The molecule has 3 nitrogen and oxygen atoms in total. The molecule has 2 heterocycles. The number of aromatic nitrogens is 1. The molecule has 94 valence electrons. The lowest BCUT2D eigenvalue weighted by Crippen LogP contribution is -2.25. The van der Waals surface area contributed by atoms with Gasteiger partial charge in [-0.3, -0.25) is 4.98 Å². The molecule has 0 amide bonds. The van der Waals surface area contributed by atoms with Crippen LogP contribution < -0.4 is 5.32 Å². The van der Waals surface area contributed by atoms with Crippen LogP contribution in [0.2, 0.25) is 0 Å². The highest BCUT2D eigenvalue weighted by Gasteiger charge is 2.12. The maximum Gasteiger partial charge on any atom is 0.0587 e. The lowest BCUT2D eigenvalue weighted by molar-refractivity contribution is 0.0115. The van der Waals surface area contributed by atoms with Gasteiger partial charge in [-0.25, -0.2) is 0 Å². The molecule has 1 unspecified atom stereocenters. The van der Waals surface area contributed by atoms with Crippen molar-refractivity contribution < 1.29 is 4.74 Å². The van der Waals surface area contributed by atoms with Crippen LogP contribution in [0.3, 0.4) is 0 Å². The van der Waals surface area contributed by atoms with Gasteiger partial charge in [0.25, 0.3) is 0 Å². The summed E-state index contributed by atoms with van der Waals surface area (Å²) in [6.45, 7) is 2.78. The molecule has 2 rings (SSSR count). The maximum atomic E-state index is 5.68. The second-order valence-electron chi connectivity index (χ2n) is 4.42. The van der Waals surface area contributed by atoms with Gasteiger partial charge < -0.3 is 10.1 Å². The fourth-order valence-electron chi connectivity index (χ4n) is 2.03. The molecule has 0 aromatic carbocycles. The van der Waals surface area contributed by atoms with E-state index in [1.807, 2.05) is 18.3 Å². The van der Waals surface area contributed by atoms with Crippen LogP contribution in [-0.4, -0.2) is 24.2 Å². The fourth-order valence-corrected chi connectivity index (χ4v) is 2.26. The minimum Gasteiger partial charge on any atom is -0.378 e. The summed E-state index contributed by atoms with van der Waals surface area (Å²) in [6, 6.07) is 4.06. The molecule has 1 fully saturated rings. The summed E-state index contributed by atoms with van der Waals surface area (Å²) in [5, 5.41) is 3.41. The monoisotopic (exact) mass is 298 g/mol. The lowest BCUT2D eigenvalue weighted by atomic mass is 10.1. The number of ether oxygens (including phenoxy) is 1. The predicted octanol–water partition coefficient (Wildman–Crippen LogP) is 2.89. The van der Waals surface area contributed by atoms with Crippen LogP contribution in [0.5, 0.6) is 0 Å². The molecule has 0 radical (unpaired) electrons. The lowest BCUT2D eigenvalue weighted by Gasteiger charge is -2.22. The van der Waals surface area contributed by atoms with Gasteiger partial charge in [0.05, 0.1) is 11.8 Å². The van der Waals surface area contributed by atoms with Crippen molar-refractivity contribution in [1.29, 1.82) is 0 Å². The third-order valence-corrected chi connectivity index (χ3v) is 3.48. The van der Waals surface area contributed by atoms with Crippen LogP contribution in [0.1, 0.15) is 31.4 Å². The Morgan fingerprint density at radius 2 is 2.35 bits per heavy atom. The predicted molar refractivity (Wildman–Crippen MR) is 71.9 cm³/mol. The highest BCUT2D eigenvalue weighted by molar-refractivity contribution is 9.10. The Bertz CT molecular complexity index is 323. The van der Waals surface area contributed by atoms with Crippen LogP contribution in [0.15, 0.2) is 22.8 Å². The summed E-state index contributed by atoms with van der Waals surface area (Å²) >= 11 is 3.38. The Morgan fingerprint density at radius 3 is 3.06 bits per heavy atom. The van der Waals surface area contributed by atoms with Gasteiger partial charge in [0.2, 0.25) is 0 Å². The summed E-state index contributed by atoms with van der Waals surface area (Å²) in [5.74, 6) is 0. The molecule has 1 aliphatic heterocycles. The number of halogens is 1. The molecule has 0 saturated carbocycles. The third kappa shape index (κ3) is 4.74. The van der Waals surface area contributed by atoms with Gasteiger partial charge in [0.15, 0.2) is 0 Å². The normalized spacial score (nSPS) is 20.4. The Kier molecular flexibility index (Phi) is 5.42. The first kappa shape index (κ1) is 13.0. The number of hydrogen-bond donors (Lipinski definition) is 1. The van der Waals surface area contributed by atoms with E-state index in [1.54, 1.807) is 0 Å². The summed E-state index contributed by atoms with van der Waals surface area (Å²) < 4.78 is 6.71. The second kappa shape index (κ2) is 7.09. The smallest absolute Gasteiger partial charge is 0.0587 e. The zero-order chi connectivity index (χ0) is 11.9. The number of nitrogens with zero attached hydrogens (tertiary/aromatic N) is 1. The molecule has 1 aliphatic rings. The minimum atomic E-state index is 0.467. The van der Waals surface area contributed by atoms with Crippen LogP contribution in [0.25, 0.3) is 0 Å². The molecule has 0 bridgehead atoms. The van der Waals surface area contributed by atoms with Crippen molar-refractivity contribution in [2.75, 3.05) is 13.2 Å². The van der Waals surface area contributed by atoms with Crippen molar-refractivity contribution in [3.63, 3.8) is 0 Å². The maximum absolute atomic E-state index is 5.68. The van der Waals surface area contributed by atoms with Crippen molar-refractivity contribution in [3.05, 3.63) is 28.5 Å². The average molecular weight is 299 g/mol. The van der Waals surface area contributed by atoms with Crippen LogP contribution >= 0.6 is 15.9 Å². The van der Waals surface area contributed by atoms with E-state index in [1.165, 1.54) is 19.3 Å². The van der Waals surface area contributed by atoms with E-state index in [0.717, 1.165) is 36.3 Å². The molecule has 1 atom stereocenters. The van der Waals surface area contributed by atoms with E-state index in [4.69, 9.17) is 4.74 Å². The molecule has 0 spiro atoms. The highest BCUT2D eigenvalue weighted by atomic mass is 79.9. The first-order chi connectivity index (χ1) is 8.34. The van der Waals surface area contributed by atoms with E-state index >= 15 is 0 Å². The number of rotatable bonds is 5.